The molecule has 0 heterocycles. The second-order valence-corrected chi connectivity index (χ2v) is 3.87. The lowest BCUT2D eigenvalue weighted by Gasteiger charge is -2.13. The molecule has 0 aliphatic rings. The van der Waals surface area contributed by atoms with Gasteiger partial charge in [-0.1, -0.05) is 24.1 Å². The molecule has 0 saturated carbocycles. The second-order valence-electron chi connectivity index (χ2n) is 3.87. The van der Waals surface area contributed by atoms with Crippen molar-refractivity contribution < 1.29 is 9.53 Å². The largest absolute Gasteiger partial charge is 0.483 e. The lowest BCUT2D eigenvalue weighted by Crippen LogP contribution is -2.29. The van der Waals surface area contributed by atoms with Crippen LogP contribution in [0.3, 0.4) is 0 Å². The molecule has 1 rings (SSSR count). The summed E-state index contributed by atoms with van der Waals surface area (Å²) in [6.07, 6.45) is 5.78. The molecule has 4 heteroatoms. The van der Waals surface area contributed by atoms with Crippen LogP contribution in [0.4, 0.5) is 0 Å². The number of hydrogen-bond acceptors (Lipinski definition) is 3. The van der Waals surface area contributed by atoms with Crippen LogP contribution in [0.15, 0.2) is 18.2 Å². The van der Waals surface area contributed by atoms with Crippen molar-refractivity contribution in [1.29, 1.82) is 0 Å². The van der Waals surface area contributed by atoms with Crippen LogP contribution in [-0.2, 0) is 11.2 Å². The van der Waals surface area contributed by atoms with Crippen LogP contribution in [0.25, 0.3) is 0 Å². The fraction of sp³-hybridized carbons (Fsp3) is 0.357. The Kier molecular flexibility index (Phi) is 5.75. The van der Waals surface area contributed by atoms with E-state index in [1.807, 2.05) is 25.1 Å². The van der Waals surface area contributed by atoms with Crippen LogP contribution in [-0.4, -0.2) is 25.6 Å². The molecule has 0 unspecified atom stereocenters. The zero-order valence-electron chi connectivity index (χ0n) is 10.5. The van der Waals surface area contributed by atoms with Crippen LogP contribution in [0.2, 0.25) is 0 Å². The topological polar surface area (TPSA) is 64.3 Å². The van der Waals surface area contributed by atoms with Gasteiger partial charge in [0.05, 0.1) is 6.54 Å². The normalized spacial score (nSPS) is 9.61. The van der Waals surface area contributed by atoms with Gasteiger partial charge in [0.1, 0.15) is 5.75 Å². The zero-order valence-corrected chi connectivity index (χ0v) is 10.5. The number of terminal acetylenes is 1. The van der Waals surface area contributed by atoms with Gasteiger partial charge < -0.3 is 15.8 Å². The van der Waals surface area contributed by atoms with Crippen LogP contribution in [0, 0.1) is 19.3 Å². The molecule has 18 heavy (non-hydrogen) atoms. The first-order valence-corrected chi connectivity index (χ1v) is 5.80. The number of ether oxygens (including phenoxy) is 1. The number of nitrogens with two attached hydrogens (primary N) is 1. The predicted molar refractivity (Wildman–Crippen MR) is 71.3 cm³/mol. The Morgan fingerprint density at radius 3 is 3.00 bits per heavy atom. The van der Waals surface area contributed by atoms with E-state index in [-0.39, 0.29) is 19.1 Å². The molecule has 0 fully saturated rings. The third-order valence-electron chi connectivity index (χ3n) is 2.44. The third-order valence-corrected chi connectivity index (χ3v) is 2.44. The first-order chi connectivity index (χ1) is 8.69. The Bertz CT molecular complexity index is 450. The second kappa shape index (κ2) is 7.36. The number of nitrogens with one attached hydrogen (secondary N) is 1. The summed E-state index contributed by atoms with van der Waals surface area (Å²) in [5.41, 5.74) is 7.55. The summed E-state index contributed by atoms with van der Waals surface area (Å²) in [5.74, 6) is 2.84. The minimum atomic E-state index is -0.227. The van der Waals surface area contributed by atoms with E-state index in [0.717, 1.165) is 23.3 Å². The number of rotatable bonds is 6. The maximum Gasteiger partial charge on any atom is 0.258 e. The molecular formula is C14H18N2O2. The van der Waals surface area contributed by atoms with Gasteiger partial charge in [0.15, 0.2) is 6.61 Å². The molecule has 0 aliphatic heterocycles. The molecule has 0 radical (unpaired) electrons. The van der Waals surface area contributed by atoms with Gasteiger partial charge in [0, 0.05) is 0 Å². The third kappa shape index (κ3) is 4.11. The highest BCUT2D eigenvalue weighted by Gasteiger charge is 2.08. The lowest BCUT2D eigenvalue weighted by molar-refractivity contribution is -0.122. The summed E-state index contributed by atoms with van der Waals surface area (Å²) >= 11 is 0. The Hall–Kier alpha value is -1.99. The minimum Gasteiger partial charge on any atom is -0.483 e. The van der Waals surface area contributed by atoms with Crippen LogP contribution in [0.1, 0.15) is 11.1 Å². The lowest BCUT2D eigenvalue weighted by atomic mass is 10.1. The van der Waals surface area contributed by atoms with Crippen LogP contribution >= 0.6 is 0 Å². The molecule has 0 atom stereocenters. The molecular weight excluding hydrogens is 228 g/mol. The van der Waals surface area contributed by atoms with E-state index in [0.29, 0.717) is 6.54 Å². The number of carbonyl (C=O) groups excluding carboxylic acids is 1. The van der Waals surface area contributed by atoms with Crippen molar-refractivity contribution in [3.8, 4) is 18.1 Å². The highest BCUT2D eigenvalue weighted by Crippen LogP contribution is 2.23. The summed E-state index contributed by atoms with van der Waals surface area (Å²) in [5, 5.41) is 2.55. The van der Waals surface area contributed by atoms with Gasteiger partial charge >= 0.3 is 0 Å². The van der Waals surface area contributed by atoms with Crippen molar-refractivity contribution in [2.75, 3.05) is 19.7 Å². The van der Waals surface area contributed by atoms with Gasteiger partial charge in [-0.15, -0.1) is 6.42 Å². The summed E-state index contributed by atoms with van der Waals surface area (Å²) in [7, 11) is 0. The highest BCUT2D eigenvalue weighted by molar-refractivity contribution is 5.77. The summed E-state index contributed by atoms with van der Waals surface area (Å²) < 4.78 is 5.54. The van der Waals surface area contributed by atoms with Crippen molar-refractivity contribution >= 4 is 5.91 Å². The zero-order chi connectivity index (χ0) is 13.4. The molecule has 0 saturated heterocycles. The average Bonchev–Trinajstić information content (AvgIpc) is 2.36. The summed E-state index contributed by atoms with van der Waals surface area (Å²) in [6, 6.07) is 5.84. The monoisotopic (exact) mass is 246 g/mol. The van der Waals surface area contributed by atoms with E-state index < -0.39 is 0 Å². The van der Waals surface area contributed by atoms with E-state index in [1.54, 1.807) is 0 Å². The molecule has 1 aromatic carbocycles. The van der Waals surface area contributed by atoms with Gasteiger partial charge in [-0.25, -0.2) is 0 Å². The van der Waals surface area contributed by atoms with Gasteiger partial charge in [0.2, 0.25) is 0 Å². The van der Waals surface area contributed by atoms with Crippen molar-refractivity contribution in [2.24, 2.45) is 5.73 Å². The van der Waals surface area contributed by atoms with Gasteiger partial charge in [0.25, 0.3) is 5.91 Å². The predicted octanol–water partition coefficient (Wildman–Crippen LogP) is 0.624. The first kappa shape index (κ1) is 14.1. The van der Waals surface area contributed by atoms with Crippen LogP contribution < -0.4 is 15.8 Å². The maximum atomic E-state index is 11.4. The molecule has 96 valence electrons. The standard InChI is InChI=1S/C14H18N2O2/c1-3-9-16-13(17)10-18-14-11(2)5-4-6-12(14)7-8-15/h1,4-6H,7-10,15H2,2H3,(H,16,17). The number of aryl methyl sites for hydroxylation is 1. The fourth-order valence-corrected chi connectivity index (χ4v) is 1.61. The minimum absolute atomic E-state index is 0.0376. The number of amides is 1. The summed E-state index contributed by atoms with van der Waals surface area (Å²) in [6.45, 7) is 2.66. The van der Waals surface area contributed by atoms with Crippen molar-refractivity contribution in [1.82, 2.24) is 5.32 Å². The fourth-order valence-electron chi connectivity index (χ4n) is 1.61. The Morgan fingerprint density at radius 2 is 2.33 bits per heavy atom. The Labute approximate surface area is 108 Å². The van der Waals surface area contributed by atoms with Crippen molar-refractivity contribution in [3.05, 3.63) is 29.3 Å². The number of hydrogen-bond donors (Lipinski definition) is 2. The van der Waals surface area contributed by atoms with Gasteiger partial charge in [-0.05, 0) is 31.0 Å². The molecule has 1 amide bonds. The highest BCUT2D eigenvalue weighted by atomic mass is 16.5. The molecule has 3 N–H and O–H groups in total. The molecule has 0 aliphatic carbocycles. The number of benzene rings is 1. The van der Waals surface area contributed by atoms with E-state index in [9.17, 15) is 4.79 Å². The first-order valence-electron chi connectivity index (χ1n) is 5.80. The molecule has 0 aromatic heterocycles. The smallest absolute Gasteiger partial charge is 0.258 e. The van der Waals surface area contributed by atoms with E-state index in [1.165, 1.54) is 0 Å². The van der Waals surface area contributed by atoms with Crippen molar-refractivity contribution in [3.63, 3.8) is 0 Å². The van der Waals surface area contributed by atoms with E-state index in [2.05, 4.69) is 11.2 Å². The van der Waals surface area contributed by atoms with Gasteiger partial charge in [-0.3, -0.25) is 4.79 Å². The molecule has 0 bridgehead atoms. The average molecular weight is 246 g/mol. The quantitative estimate of drug-likeness (QED) is 0.723. The van der Waals surface area contributed by atoms with E-state index in [4.69, 9.17) is 16.9 Å². The molecule has 1 aromatic rings. The Morgan fingerprint density at radius 1 is 1.56 bits per heavy atom. The number of carbonyl (C=O) groups is 1. The Balaban J connectivity index is 2.66. The molecule has 0 spiro atoms. The van der Waals surface area contributed by atoms with E-state index >= 15 is 0 Å². The number of para-hydroxylation sites is 1. The molecule has 4 nitrogen and oxygen atoms in total. The van der Waals surface area contributed by atoms with Gasteiger partial charge in [-0.2, -0.15) is 0 Å². The maximum absolute atomic E-state index is 11.4. The van der Waals surface area contributed by atoms with Crippen LogP contribution in [0.5, 0.6) is 5.75 Å². The SMILES string of the molecule is C#CCNC(=O)COc1c(C)cccc1CCN. The van der Waals surface area contributed by atoms with Crippen molar-refractivity contribution in [2.45, 2.75) is 13.3 Å². The summed E-state index contributed by atoms with van der Waals surface area (Å²) in [4.78, 5) is 11.4.